The fraction of sp³-hybridized carbons (Fsp3) is 1.00. The molecule has 0 amide bonds. The highest BCUT2D eigenvalue weighted by molar-refractivity contribution is 7.81. The normalized spacial score (nSPS) is 15.0. The summed E-state index contributed by atoms with van der Waals surface area (Å²) in [5.74, 6) is 0. The van der Waals surface area contributed by atoms with Gasteiger partial charge in [-0.1, -0.05) is 26.7 Å². The molecule has 0 spiro atoms. The van der Waals surface area contributed by atoms with Crippen LogP contribution < -0.4 is 5.73 Å². The van der Waals surface area contributed by atoms with E-state index in [9.17, 15) is 5.11 Å². The summed E-state index contributed by atoms with van der Waals surface area (Å²) in [5, 5.41) is 9.47. The van der Waals surface area contributed by atoms with Gasteiger partial charge in [0.25, 0.3) is 0 Å². The van der Waals surface area contributed by atoms with Gasteiger partial charge in [0.05, 0.1) is 11.0 Å². The molecular formula is C8H19NOS. The van der Waals surface area contributed by atoms with E-state index in [1.807, 2.05) is 13.8 Å². The Morgan fingerprint density at radius 1 is 1.36 bits per heavy atom. The Bertz CT molecular complexity index is 100. The minimum atomic E-state index is -0.757. The van der Waals surface area contributed by atoms with Crippen LogP contribution in [0.15, 0.2) is 0 Å². The zero-order chi connectivity index (χ0) is 8.91. The number of nitrogens with two attached hydrogens (primary N) is 1. The Morgan fingerprint density at radius 3 is 1.91 bits per heavy atom. The first-order valence-electron chi connectivity index (χ1n) is 4.23. The summed E-state index contributed by atoms with van der Waals surface area (Å²) in [7, 11) is 0. The third-order valence-corrected chi connectivity index (χ3v) is 2.40. The highest BCUT2D eigenvalue weighted by atomic mass is 32.1. The van der Waals surface area contributed by atoms with Gasteiger partial charge in [0, 0.05) is 0 Å². The third-order valence-electron chi connectivity index (χ3n) is 1.92. The summed E-state index contributed by atoms with van der Waals surface area (Å²) >= 11 is 4.07. The van der Waals surface area contributed by atoms with Gasteiger partial charge in [-0.3, -0.25) is 0 Å². The van der Waals surface area contributed by atoms with Gasteiger partial charge in [-0.15, -0.1) is 0 Å². The van der Waals surface area contributed by atoms with Crippen molar-refractivity contribution >= 4 is 12.6 Å². The van der Waals surface area contributed by atoms with Crippen LogP contribution in [0.25, 0.3) is 0 Å². The fourth-order valence-corrected chi connectivity index (χ4v) is 1.54. The number of thiol groups is 1. The molecule has 3 heteroatoms. The van der Waals surface area contributed by atoms with Crippen LogP contribution >= 0.6 is 12.6 Å². The SMILES string of the molecule is CCCC(O)(CCC)C(N)S. The second-order valence-electron chi connectivity index (χ2n) is 3.05. The number of hydrogen-bond acceptors (Lipinski definition) is 3. The Morgan fingerprint density at radius 2 is 1.73 bits per heavy atom. The standard InChI is InChI=1S/C8H19NOS/c1-3-5-8(10,6-4-2)7(9)11/h7,10-11H,3-6,9H2,1-2H3. The topological polar surface area (TPSA) is 46.2 Å². The van der Waals surface area contributed by atoms with Crippen molar-refractivity contribution in [1.29, 1.82) is 0 Å². The van der Waals surface area contributed by atoms with Crippen molar-refractivity contribution in [1.82, 2.24) is 0 Å². The average molecular weight is 177 g/mol. The second-order valence-corrected chi connectivity index (χ2v) is 3.60. The van der Waals surface area contributed by atoms with Crippen LogP contribution in [-0.2, 0) is 0 Å². The lowest BCUT2D eigenvalue weighted by molar-refractivity contribution is 0.0210. The lowest BCUT2D eigenvalue weighted by Gasteiger charge is -2.30. The van der Waals surface area contributed by atoms with Gasteiger partial charge < -0.3 is 10.8 Å². The lowest BCUT2D eigenvalue weighted by Crippen LogP contribution is -2.44. The van der Waals surface area contributed by atoms with E-state index in [1.165, 1.54) is 0 Å². The van der Waals surface area contributed by atoms with Crippen LogP contribution in [0.3, 0.4) is 0 Å². The maximum absolute atomic E-state index is 9.89. The van der Waals surface area contributed by atoms with Crippen LogP contribution in [-0.4, -0.2) is 16.1 Å². The van der Waals surface area contributed by atoms with E-state index in [2.05, 4.69) is 12.6 Å². The third kappa shape index (κ3) is 3.45. The van der Waals surface area contributed by atoms with Gasteiger partial charge in [-0.05, 0) is 12.8 Å². The van der Waals surface area contributed by atoms with Crippen molar-refractivity contribution in [3.8, 4) is 0 Å². The molecule has 0 fully saturated rings. The largest absolute Gasteiger partial charge is 0.387 e. The smallest absolute Gasteiger partial charge is 0.0888 e. The molecule has 1 unspecified atom stereocenters. The average Bonchev–Trinajstić information content (AvgIpc) is 1.88. The van der Waals surface area contributed by atoms with Crippen LogP contribution in [0, 0.1) is 0 Å². The summed E-state index contributed by atoms with van der Waals surface area (Å²) < 4.78 is 0. The van der Waals surface area contributed by atoms with Crippen molar-refractivity contribution in [2.45, 2.75) is 50.5 Å². The summed E-state index contributed by atoms with van der Waals surface area (Å²) in [6.45, 7) is 4.08. The molecule has 11 heavy (non-hydrogen) atoms. The summed E-state index contributed by atoms with van der Waals surface area (Å²) in [4.78, 5) is 0. The molecule has 68 valence electrons. The molecule has 1 atom stereocenters. The molecular weight excluding hydrogens is 158 g/mol. The predicted octanol–water partition coefficient (Wildman–Crippen LogP) is 1.53. The van der Waals surface area contributed by atoms with Crippen LogP contribution in [0.5, 0.6) is 0 Å². The van der Waals surface area contributed by atoms with E-state index in [1.54, 1.807) is 0 Å². The molecule has 0 radical (unpaired) electrons. The first-order valence-corrected chi connectivity index (χ1v) is 4.74. The molecule has 0 saturated carbocycles. The van der Waals surface area contributed by atoms with Crippen LogP contribution in [0.2, 0.25) is 0 Å². The van der Waals surface area contributed by atoms with E-state index < -0.39 is 11.0 Å². The minimum Gasteiger partial charge on any atom is -0.387 e. The Hall–Kier alpha value is 0.270. The quantitative estimate of drug-likeness (QED) is 0.440. The van der Waals surface area contributed by atoms with Crippen molar-refractivity contribution < 1.29 is 5.11 Å². The number of aliphatic hydroxyl groups is 1. The van der Waals surface area contributed by atoms with Crippen LogP contribution in [0.4, 0.5) is 0 Å². The molecule has 0 aromatic carbocycles. The molecule has 0 aliphatic rings. The molecule has 0 aromatic heterocycles. The number of rotatable bonds is 5. The van der Waals surface area contributed by atoms with E-state index in [0.29, 0.717) is 0 Å². The van der Waals surface area contributed by atoms with Gasteiger partial charge in [0.2, 0.25) is 0 Å². The summed E-state index contributed by atoms with van der Waals surface area (Å²) in [6, 6.07) is 0. The molecule has 0 aliphatic heterocycles. The molecule has 0 saturated heterocycles. The molecule has 0 aliphatic carbocycles. The van der Waals surface area contributed by atoms with Crippen molar-refractivity contribution in [2.24, 2.45) is 5.73 Å². The maximum Gasteiger partial charge on any atom is 0.0888 e. The highest BCUT2D eigenvalue weighted by Gasteiger charge is 2.29. The molecule has 0 aromatic rings. The van der Waals surface area contributed by atoms with Gasteiger partial charge >= 0.3 is 0 Å². The summed E-state index contributed by atoms with van der Waals surface area (Å²) in [6.07, 6.45) is 3.38. The van der Waals surface area contributed by atoms with E-state index in [4.69, 9.17) is 5.73 Å². The first-order chi connectivity index (χ1) is 5.06. The zero-order valence-electron chi connectivity index (χ0n) is 7.38. The highest BCUT2D eigenvalue weighted by Crippen LogP contribution is 2.23. The Kier molecular flexibility index (Phi) is 5.13. The molecule has 3 N–H and O–H groups in total. The monoisotopic (exact) mass is 177 g/mol. The van der Waals surface area contributed by atoms with Gasteiger partial charge in [0.15, 0.2) is 0 Å². The van der Waals surface area contributed by atoms with Crippen molar-refractivity contribution in [2.75, 3.05) is 0 Å². The Balaban J connectivity index is 4.01. The maximum atomic E-state index is 9.89. The summed E-state index contributed by atoms with van der Waals surface area (Å²) in [5.41, 5.74) is 4.80. The first kappa shape index (κ1) is 11.3. The molecule has 0 bridgehead atoms. The fourth-order valence-electron chi connectivity index (χ4n) is 1.29. The minimum absolute atomic E-state index is 0.414. The van der Waals surface area contributed by atoms with Gasteiger partial charge in [0.1, 0.15) is 0 Å². The second kappa shape index (κ2) is 5.01. The predicted molar refractivity (Wildman–Crippen MR) is 51.7 cm³/mol. The zero-order valence-corrected chi connectivity index (χ0v) is 8.27. The molecule has 0 rings (SSSR count). The van der Waals surface area contributed by atoms with Crippen molar-refractivity contribution in [3.63, 3.8) is 0 Å². The molecule has 0 heterocycles. The van der Waals surface area contributed by atoms with Gasteiger partial charge in [-0.25, -0.2) is 0 Å². The molecule has 2 nitrogen and oxygen atoms in total. The lowest BCUT2D eigenvalue weighted by atomic mass is 9.93. The van der Waals surface area contributed by atoms with Crippen LogP contribution in [0.1, 0.15) is 39.5 Å². The van der Waals surface area contributed by atoms with E-state index in [-0.39, 0.29) is 0 Å². The Labute approximate surface area is 74.6 Å². The van der Waals surface area contributed by atoms with E-state index in [0.717, 1.165) is 25.7 Å². The van der Waals surface area contributed by atoms with Crippen molar-refractivity contribution in [3.05, 3.63) is 0 Å². The van der Waals surface area contributed by atoms with Gasteiger partial charge in [-0.2, -0.15) is 12.6 Å². The number of hydrogen-bond donors (Lipinski definition) is 3. The van der Waals surface area contributed by atoms with E-state index >= 15 is 0 Å².